The van der Waals surface area contributed by atoms with Crippen LogP contribution in [0.5, 0.6) is 0 Å². The van der Waals surface area contributed by atoms with Gasteiger partial charge in [0, 0.05) is 13.1 Å². The second-order valence-electron chi connectivity index (χ2n) is 2.21. The summed E-state index contributed by atoms with van der Waals surface area (Å²) in [7, 11) is 0. The number of carbonyl (C=O) groups excluding carboxylic acids is 1. The van der Waals surface area contributed by atoms with Gasteiger partial charge in [-0.2, -0.15) is 0 Å². The van der Waals surface area contributed by atoms with E-state index in [4.69, 9.17) is 0 Å². The van der Waals surface area contributed by atoms with Crippen LogP contribution in [-0.2, 0) is 4.79 Å². The summed E-state index contributed by atoms with van der Waals surface area (Å²) in [6.45, 7) is 3.38. The standard InChI is InChI=1S/C8H11NO/c1-2-5-8(10)9-6-3-4-7-9/h2-5H,6-7H2,1H3/b5-2+. The van der Waals surface area contributed by atoms with E-state index in [9.17, 15) is 4.79 Å². The van der Waals surface area contributed by atoms with Gasteiger partial charge in [-0.15, -0.1) is 0 Å². The van der Waals surface area contributed by atoms with Crippen molar-refractivity contribution in [2.45, 2.75) is 6.92 Å². The van der Waals surface area contributed by atoms with E-state index in [1.807, 2.05) is 19.1 Å². The van der Waals surface area contributed by atoms with Crippen LogP contribution in [0, 0.1) is 0 Å². The molecule has 2 nitrogen and oxygen atoms in total. The number of amides is 1. The molecule has 0 radical (unpaired) electrons. The molecule has 0 aliphatic carbocycles. The van der Waals surface area contributed by atoms with E-state index < -0.39 is 0 Å². The highest BCUT2D eigenvalue weighted by Crippen LogP contribution is 1.99. The quantitative estimate of drug-likeness (QED) is 0.389. The molecule has 1 rings (SSSR count). The van der Waals surface area contributed by atoms with Crippen molar-refractivity contribution in [3.63, 3.8) is 0 Å². The monoisotopic (exact) mass is 137 g/mol. The predicted molar refractivity (Wildman–Crippen MR) is 40.5 cm³/mol. The fourth-order valence-electron chi connectivity index (χ4n) is 0.906. The van der Waals surface area contributed by atoms with E-state index in [-0.39, 0.29) is 5.91 Å². The summed E-state index contributed by atoms with van der Waals surface area (Å²) in [4.78, 5) is 12.8. The minimum absolute atomic E-state index is 0.104. The van der Waals surface area contributed by atoms with Gasteiger partial charge in [0.1, 0.15) is 0 Å². The molecule has 0 fully saturated rings. The minimum Gasteiger partial charge on any atom is -0.332 e. The van der Waals surface area contributed by atoms with Crippen molar-refractivity contribution in [3.05, 3.63) is 24.3 Å². The van der Waals surface area contributed by atoms with Crippen molar-refractivity contribution in [2.24, 2.45) is 0 Å². The average molecular weight is 137 g/mol. The molecule has 0 saturated carbocycles. The summed E-state index contributed by atoms with van der Waals surface area (Å²) < 4.78 is 0. The number of carbonyl (C=O) groups is 1. The van der Waals surface area contributed by atoms with Crippen LogP contribution in [0.4, 0.5) is 0 Å². The number of nitrogens with zero attached hydrogens (tertiary/aromatic N) is 1. The minimum atomic E-state index is 0.104. The van der Waals surface area contributed by atoms with Crippen LogP contribution >= 0.6 is 0 Å². The highest BCUT2D eigenvalue weighted by atomic mass is 16.2. The van der Waals surface area contributed by atoms with Gasteiger partial charge in [-0.25, -0.2) is 0 Å². The molecule has 0 bridgehead atoms. The Morgan fingerprint density at radius 1 is 1.50 bits per heavy atom. The van der Waals surface area contributed by atoms with Crippen LogP contribution < -0.4 is 0 Å². The third-order valence-corrected chi connectivity index (χ3v) is 1.44. The van der Waals surface area contributed by atoms with Crippen LogP contribution in [-0.4, -0.2) is 23.9 Å². The number of rotatable bonds is 1. The fraction of sp³-hybridized carbons (Fsp3) is 0.375. The van der Waals surface area contributed by atoms with Crippen LogP contribution in [0.1, 0.15) is 6.92 Å². The molecular formula is C8H11NO. The SMILES string of the molecule is C/C=C/C(=O)N1CC=CC1. The van der Waals surface area contributed by atoms with E-state index in [1.54, 1.807) is 17.1 Å². The van der Waals surface area contributed by atoms with Gasteiger partial charge in [-0.3, -0.25) is 4.79 Å². The van der Waals surface area contributed by atoms with Gasteiger partial charge in [0.2, 0.25) is 5.91 Å². The smallest absolute Gasteiger partial charge is 0.246 e. The lowest BCUT2D eigenvalue weighted by atomic mass is 10.4. The molecular weight excluding hydrogens is 126 g/mol. The van der Waals surface area contributed by atoms with Gasteiger partial charge in [-0.05, 0) is 13.0 Å². The Kier molecular flexibility index (Phi) is 2.26. The molecule has 0 N–H and O–H groups in total. The fourth-order valence-corrected chi connectivity index (χ4v) is 0.906. The van der Waals surface area contributed by atoms with Crippen LogP contribution in [0.2, 0.25) is 0 Å². The third kappa shape index (κ3) is 1.47. The van der Waals surface area contributed by atoms with Gasteiger partial charge in [0.05, 0.1) is 0 Å². The molecule has 54 valence electrons. The van der Waals surface area contributed by atoms with Crippen molar-refractivity contribution in [1.29, 1.82) is 0 Å². The molecule has 0 atom stereocenters. The Bertz CT molecular complexity index is 174. The zero-order valence-corrected chi connectivity index (χ0v) is 6.08. The average Bonchev–Trinajstić information content (AvgIpc) is 2.38. The molecule has 0 unspecified atom stereocenters. The van der Waals surface area contributed by atoms with E-state index in [1.165, 1.54) is 0 Å². The Balaban J connectivity index is 2.42. The first-order valence-electron chi connectivity index (χ1n) is 3.41. The Morgan fingerprint density at radius 3 is 2.60 bits per heavy atom. The van der Waals surface area contributed by atoms with Gasteiger partial charge in [-0.1, -0.05) is 18.2 Å². The van der Waals surface area contributed by atoms with Gasteiger partial charge >= 0.3 is 0 Å². The summed E-state index contributed by atoms with van der Waals surface area (Å²) in [6, 6.07) is 0. The summed E-state index contributed by atoms with van der Waals surface area (Å²) >= 11 is 0. The molecule has 0 aromatic heterocycles. The van der Waals surface area contributed by atoms with Crippen molar-refractivity contribution in [3.8, 4) is 0 Å². The van der Waals surface area contributed by atoms with Gasteiger partial charge in [0.25, 0.3) is 0 Å². The number of hydrogen-bond donors (Lipinski definition) is 0. The summed E-state index contributed by atoms with van der Waals surface area (Å²) in [5.74, 6) is 0.104. The number of hydrogen-bond acceptors (Lipinski definition) is 1. The third-order valence-electron chi connectivity index (χ3n) is 1.44. The molecule has 1 amide bonds. The predicted octanol–water partition coefficient (Wildman–Crippen LogP) is 0.961. The van der Waals surface area contributed by atoms with Crippen LogP contribution in [0.3, 0.4) is 0 Å². The number of allylic oxidation sites excluding steroid dienone is 1. The Morgan fingerprint density at radius 2 is 2.10 bits per heavy atom. The largest absolute Gasteiger partial charge is 0.332 e. The Labute approximate surface area is 60.8 Å². The highest BCUT2D eigenvalue weighted by molar-refractivity contribution is 5.88. The molecule has 10 heavy (non-hydrogen) atoms. The van der Waals surface area contributed by atoms with E-state index in [0.29, 0.717) is 0 Å². The van der Waals surface area contributed by atoms with Gasteiger partial charge < -0.3 is 4.90 Å². The molecule has 1 aliphatic heterocycles. The van der Waals surface area contributed by atoms with E-state index >= 15 is 0 Å². The molecule has 0 aromatic rings. The first kappa shape index (κ1) is 7.06. The normalized spacial score (nSPS) is 17.1. The maximum absolute atomic E-state index is 11.0. The maximum atomic E-state index is 11.0. The molecule has 1 heterocycles. The summed E-state index contributed by atoms with van der Waals surface area (Å²) in [5.41, 5.74) is 0. The summed E-state index contributed by atoms with van der Waals surface area (Å²) in [6.07, 6.45) is 7.36. The second kappa shape index (κ2) is 3.20. The lowest BCUT2D eigenvalue weighted by Crippen LogP contribution is -2.26. The molecule has 0 spiro atoms. The van der Waals surface area contributed by atoms with E-state index in [2.05, 4.69) is 0 Å². The van der Waals surface area contributed by atoms with Gasteiger partial charge in [0.15, 0.2) is 0 Å². The molecule has 1 aliphatic rings. The lowest BCUT2D eigenvalue weighted by molar-refractivity contribution is -0.124. The zero-order chi connectivity index (χ0) is 7.40. The van der Waals surface area contributed by atoms with Crippen molar-refractivity contribution in [2.75, 3.05) is 13.1 Å². The Hall–Kier alpha value is -1.05. The van der Waals surface area contributed by atoms with Crippen molar-refractivity contribution < 1.29 is 4.79 Å². The maximum Gasteiger partial charge on any atom is 0.246 e. The highest BCUT2D eigenvalue weighted by Gasteiger charge is 2.09. The topological polar surface area (TPSA) is 20.3 Å². The first-order valence-corrected chi connectivity index (χ1v) is 3.41. The second-order valence-corrected chi connectivity index (χ2v) is 2.21. The van der Waals surface area contributed by atoms with Crippen LogP contribution in [0.15, 0.2) is 24.3 Å². The molecule has 0 saturated heterocycles. The first-order chi connectivity index (χ1) is 4.84. The van der Waals surface area contributed by atoms with Crippen molar-refractivity contribution >= 4 is 5.91 Å². The van der Waals surface area contributed by atoms with E-state index in [0.717, 1.165) is 13.1 Å². The lowest BCUT2D eigenvalue weighted by Gasteiger charge is -2.11. The van der Waals surface area contributed by atoms with Crippen molar-refractivity contribution in [1.82, 2.24) is 4.90 Å². The molecule has 2 heteroatoms. The zero-order valence-electron chi connectivity index (χ0n) is 6.08. The molecule has 0 aromatic carbocycles. The summed E-state index contributed by atoms with van der Waals surface area (Å²) in [5, 5.41) is 0. The van der Waals surface area contributed by atoms with Crippen LogP contribution in [0.25, 0.3) is 0 Å².